The van der Waals surface area contributed by atoms with Gasteiger partial charge in [0.15, 0.2) is 11.2 Å². The Morgan fingerprint density at radius 3 is 1.16 bits per heavy atom. The van der Waals surface area contributed by atoms with Crippen LogP contribution in [0.5, 0.6) is 0 Å². The lowest BCUT2D eigenvalue weighted by Crippen LogP contribution is -2.44. The minimum absolute atomic E-state index is 0.0555. The van der Waals surface area contributed by atoms with Crippen LogP contribution in [0.25, 0.3) is 0 Å². The molecule has 6 unspecified atom stereocenters. The molecular formula is C28H54O9. The second kappa shape index (κ2) is 17.4. The van der Waals surface area contributed by atoms with Gasteiger partial charge in [0.2, 0.25) is 0 Å². The molecule has 0 saturated heterocycles. The van der Waals surface area contributed by atoms with Crippen molar-refractivity contribution in [3.05, 3.63) is 0 Å². The summed E-state index contributed by atoms with van der Waals surface area (Å²) < 4.78 is 39.9. The molecule has 0 aromatic heterocycles. The summed E-state index contributed by atoms with van der Waals surface area (Å²) >= 11 is 0. The Kier molecular flexibility index (Phi) is 16.8. The van der Waals surface area contributed by atoms with Gasteiger partial charge < -0.3 is 33.2 Å². The summed E-state index contributed by atoms with van der Waals surface area (Å²) in [6.07, 6.45) is -0.108. The monoisotopic (exact) mass is 534 g/mol. The van der Waals surface area contributed by atoms with Gasteiger partial charge in [0.05, 0.1) is 49.8 Å². The summed E-state index contributed by atoms with van der Waals surface area (Å²) in [7, 11) is 0. The maximum absolute atomic E-state index is 12.7. The van der Waals surface area contributed by atoms with Crippen molar-refractivity contribution in [3.63, 3.8) is 0 Å². The second-order valence-electron chi connectivity index (χ2n) is 10.8. The van der Waals surface area contributed by atoms with E-state index in [1.54, 1.807) is 13.8 Å². The quantitative estimate of drug-likeness (QED) is 0.203. The standard InChI is InChI=1S/C28H54O9/c1-13-27(11,25(29)32-17-21(7)34-19(3)4)36-23(9)15-31-16-24(10)37-28(12,14-2)26(30)33-18-22(8)35-20(5)6/h19-24H,13-18H2,1-12H3. The van der Waals surface area contributed by atoms with Crippen LogP contribution in [0.3, 0.4) is 0 Å². The van der Waals surface area contributed by atoms with Crippen molar-refractivity contribution in [2.24, 2.45) is 0 Å². The summed E-state index contributed by atoms with van der Waals surface area (Å²) in [6.45, 7) is 23.2. The molecule has 0 fully saturated rings. The molecule has 0 aliphatic rings. The first kappa shape index (κ1) is 35.7. The summed E-state index contributed by atoms with van der Waals surface area (Å²) in [6, 6.07) is 0. The normalized spacial score (nSPS) is 18.5. The number of hydrogen-bond donors (Lipinski definition) is 0. The third-order valence-electron chi connectivity index (χ3n) is 5.75. The highest BCUT2D eigenvalue weighted by molar-refractivity contribution is 5.79. The Morgan fingerprint density at radius 1 is 0.568 bits per heavy atom. The topological polar surface area (TPSA) is 98.8 Å². The van der Waals surface area contributed by atoms with Gasteiger partial charge in [0, 0.05) is 0 Å². The van der Waals surface area contributed by atoms with Crippen LogP contribution in [0.15, 0.2) is 0 Å². The number of rotatable bonds is 20. The van der Waals surface area contributed by atoms with E-state index in [-0.39, 0.29) is 63.1 Å². The van der Waals surface area contributed by atoms with E-state index in [1.165, 1.54) is 0 Å². The number of hydrogen-bond acceptors (Lipinski definition) is 9. The first-order valence-electron chi connectivity index (χ1n) is 13.7. The van der Waals surface area contributed by atoms with E-state index in [2.05, 4.69) is 0 Å². The molecule has 0 aliphatic heterocycles. The average Bonchev–Trinajstić information content (AvgIpc) is 2.79. The van der Waals surface area contributed by atoms with Gasteiger partial charge in [0.25, 0.3) is 0 Å². The molecule has 0 N–H and O–H groups in total. The third kappa shape index (κ3) is 14.5. The number of ether oxygens (including phenoxy) is 7. The zero-order valence-electron chi connectivity index (χ0n) is 25.4. The zero-order valence-corrected chi connectivity index (χ0v) is 25.4. The van der Waals surface area contributed by atoms with Gasteiger partial charge in [-0.3, -0.25) is 0 Å². The van der Waals surface area contributed by atoms with Gasteiger partial charge in [0.1, 0.15) is 13.2 Å². The molecule has 0 amide bonds. The maximum Gasteiger partial charge on any atom is 0.338 e. The minimum atomic E-state index is -1.09. The Balaban J connectivity index is 4.65. The second-order valence-corrected chi connectivity index (χ2v) is 10.8. The van der Waals surface area contributed by atoms with Crippen molar-refractivity contribution in [2.45, 2.75) is 144 Å². The van der Waals surface area contributed by atoms with Gasteiger partial charge in [-0.1, -0.05) is 13.8 Å². The summed E-state index contributed by atoms with van der Waals surface area (Å²) in [4.78, 5) is 25.4. The minimum Gasteiger partial charge on any atom is -0.461 e. The van der Waals surface area contributed by atoms with E-state index >= 15 is 0 Å². The smallest absolute Gasteiger partial charge is 0.338 e. The molecule has 0 spiro atoms. The zero-order chi connectivity index (χ0) is 28.8. The van der Waals surface area contributed by atoms with Crippen LogP contribution in [0.4, 0.5) is 0 Å². The van der Waals surface area contributed by atoms with E-state index in [4.69, 9.17) is 33.2 Å². The van der Waals surface area contributed by atoms with Crippen LogP contribution in [-0.2, 0) is 42.7 Å². The van der Waals surface area contributed by atoms with E-state index in [9.17, 15) is 9.59 Å². The van der Waals surface area contributed by atoms with Gasteiger partial charge in [-0.2, -0.15) is 0 Å². The van der Waals surface area contributed by atoms with Crippen molar-refractivity contribution in [2.75, 3.05) is 26.4 Å². The molecule has 0 heterocycles. The molecule has 0 saturated carbocycles. The summed E-state index contributed by atoms with van der Waals surface area (Å²) in [5.74, 6) is -0.855. The highest BCUT2D eigenvalue weighted by Crippen LogP contribution is 2.22. The van der Waals surface area contributed by atoms with Crippen molar-refractivity contribution in [1.29, 1.82) is 0 Å². The Bertz CT molecular complexity index is 600. The summed E-state index contributed by atoms with van der Waals surface area (Å²) in [5.41, 5.74) is -2.19. The van der Waals surface area contributed by atoms with Crippen LogP contribution < -0.4 is 0 Å². The lowest BCUT2D eigenvalue weighted by Gasteiger charge is -2.31. The van der Waals surface area contributed by atoms with Crippen LogP contribution in [0.2, 0.25) is 0 Å². The summed E-state index contributed by atoms with van der Waals surface area (Å²) in [5, 5.41) is 0. The number of carbonyl (C=O) groups is 2. The first-order valence-corrected chi connectivity index (χ1v) is 13.7. The van der Waals surface area contributed by atoms with Crippen molar-refractivity contribution in [1.82, 2.24) is 0 Å². The predicted octanol–water partition coefficient (Wildman–Crippen LogP) is 4.86. The fourth-order valence-electron chi connectivity index (χ4n) is 3.61. The molecule has 0 aliphatic carbocycles. The molecule has 0 aromatic carbocycles. The SMILES string of the molecule is CCC(C)(OC(C)COCC(C)OC(C)(CC)C(=O)OCC(C)OC(C)C)C(=O)OCC(C)OC(C)C. The fourth-order valence-corrected chi connectivity index (χ4v) is 3.61. The fraction of sp³-hybridized carbons (Fsp3) is 0.929. The Labute approximate surface area is 225 Å². The van der Waals surface area contributed by atoms with E-state index < -0.39 is 23.1 Å². The van der Waals surface area contributed by atoms with Crippen LogP contribution in [-0.4, -0.2) is 86.2 Å². The third-order valence-corrected chi connectivity index (χ3v) is 5.75. The van der Waals surface area contributed by atoms with Gasteiger partial charge >= 0.3 is 11.9 Å². The molecule has 6 atom stereocenters. The first-order chi connectivity index (χ1) is 17.1. The highest BCUT2D eigenvalue weighted by atomic mass is 16.6. The van der Waals surface area contributed by atoms with E-state index in [0.29, 0.717) is 12.8 Å². The van der Waals surface area contributed by atoms with Crippen molar-refractivity contribution >= 4 is 11.9 Å². The largest absolute Gasteiger partial charge is 0.461 e. The number of esters is 2. The lowest BCUT2D eigenvalue weighted by atomic mass is 10.0. The Hall–Kier alpha value is -1.26. The van der Waals surface area contributed by atoms with Gasteiger partial charge in [-0.05, 0) is 82.1 Å². The van der Waals surface area contributed by atoms with Crippen LogP contribution >= 0.6 is 0 Å². The van der Waals surface area contributed by atoms with E-state index in [1.807, 2.05) is 69.2 Å². The average molecular weight is 535 g/mol. The van der Waals surface area contributed by atoms with Crippen molar-refractivity contribution in [3.8, 4) is 0 Å². The molecule has 0 rings (SSSR count). The molecule has 0 radical (unpaired) electrons. The molecule has 0 bridgehead atoms. The molecule has 9 nitrogen and oxygen atoms in total. The highest BCUT2D eigenvalue weighted by Gasteiger charge is 2.38. The molecule has 37 heavy (non-hydrogen) atoms. The predicted molar refractivity (Wildman–Crippen MR) is 143 cm³/mol. The van der Waals surface area contributed by atoms with Crippen LogP contribution in [0, 0.1) is 0 Å². The molecule has 0 aromatic rings. The molecular weight excluding hydrogens is 480 g/mol. The molecule has 220 valence electrons. The number of carbonyl (C=O) groups excluding carboxylic acids is 2. The Morgan fingerprint density at radius 2 is 0.892 bits per heavy atom. The van der Waals surface area contributed by atoms with Crippen molar-refractivity contribution < 1.29 is 42.7 Å². The van der Waals surface area contributed by atoms with Crippen LogP contribution in [0.1, 0.15) is 95.9 Å². The molecule has 9 heteroatoms. The van der Waals surface area contributed by atoms with Gasteiger partial charge in [-0.15, -0.1) is 0 Å². The maximum atomic E-state index is 12.7. The van der Waals surface area contributed by atoms with Gasteiger partial charge in [-0.25, -0.2) is 9.59 Å². The van der Waals surface area contributed by atoms with E-state index in [0.717, 1.165) is 0 Å². The lowest BCUT2D eigenvalue weighted by molar-refractivity contribution is -0.190.